The highest BCUT2D eigenvalue weighted by Crippen LogP contribution is 2.33. The number of piperidine rings is 1. The lowest BCUT2D eigenvalue weighted by molar-refractivity contribution is -0.134. The van der Waals surface area contributed by atoms with Crippen LogP contribution in [-0.2, 0) is 22.6 Å². The summed E-state index contributed by atoms with van der Waals surface area (Å²) >= 11 is 0. The van der Waals surface area contributed by atoms with E-state index in [0.29, 0.717) is 37.7 Å². The summed E-state index contributed by atoms with van der Waals surface area (Å²) in [5, 5.41) is 3.04. The summed E-state index contributed by atoms with van der Waals surface area (Å²) in [4.78, 5) is 28.9. The molecule has 1 fully saturated rings. The van der Waals surface area contributed by atoms with Crippen LogP contribution >= 0.6 is 0 Å². The van der Waals surface area contributed by atoms with E-state index in [1.165, 1.54) is 5.56 Å². The number of methoxy groups -OCH3 is 2. The van der Waals surface area contributed by atoms with E-state index >= 15 is 0 Å². The van der Waals surface area contributed by atoms with Gasteiger partial charge in [0.1, 0.15) is 0 Å². The van der Waals surface area contributed by atoms with Gasteiger partial charge < -0.3 is 19.7 Å². The van der Waals surface area contributed by atoms with Gasteiger partial charge in [-0.05, 0) is 61.4 Å². The maximum atomic E-state index is 13.0. The third-order valence-corrected chi connectivity index (χ3v) is 6.10. The van der Waals surface area contributed by atoms with E-state index in [2.05, 4.69) is 10.2 Å². The smallest absolute Gasteiger partial charge is 0.237 e. The zero-order valence-electron chi connectivity index (χ0n) is 18.5. The Morgan fingerprint density at radius 1 is 1.13 bits per heavy atom. The fraction of sp³-hybridized carbons (Fsp3) is 0.652. The van der Waals surface area contributed by atoms with Crippen molar-refractivity contribution in [3.8, 4) is 11.5 Å². The van der Waals surface area contributed by atoms with Gasteiger partial charge in [-0.3, -0.25) is 14.5 Å². The predicted octanol–water partition coefficient (Wildman–Crippen LogP) is 2.22. The highest BCUT2D eigenvalue weighted by molar-refractivity contribution is 5.78. The predicted molar refractivity (Wildman–Crippen MR) is 116 cm³/mol. The summed E-state index contributed by atoms with van der Waals surface area (Å²) in [6.07, 6.45) is 4.46. The van der Waals surface area contributed by atoms with E-state index in [-0.39, 0.29) is 11.8 Å². The van der Waals surface area contributed by atoms with Crippen LogP contribution in [0.15, 0.2) is 12.1 Å². The summed E-state index contributed by atoms with van der Waals surface area (Å²) in [6, 6.07) is 4.02. The van der Waals surface area contributed by atoms with Crippen molar-refractivity contribution in [2.24, 2.45) is 5.92 Å². The molecule has 0 aliphatic carbocycles. The van der Waals surface area contributed by atoms with Crippen molar-refractivity contribution in [2.75, 3.05) is 46.9 Å². The molecule has 7 heteroatoms. The van der Waals surface area contributed by atoms with E-state index in [0.717, 1.165) is 56.6 Å². The third-order valence-electron chi connectivity index (χ3n) is 6.10. The highest BCUT2D eigenvalue weighted by atomic mass is 16.5. The minimum absolute atomic E-state index is 0.129. The molecule has 0 spiro atoms. The fourth-order valence-corrected chi connectivity index (χ4v) is 4.42. The van der Waals surface area contributed by atoms with Crippen molar-refractivity contribution in [3.63, 3.8) is 0 Å². The quantitative estimate of drug-likeness (QED) is 0.702. The molecule has 1 atom stereocenters. The van der Waals surface area contributed by atoms with Gasteiger partial charge >= 0.3 is 0 Å². The first-order valence-corrected chi connectivity index (χ1v) is 11.0. The lowest BCUT2D eigenvalue weighted by atomic mass is 9.97. The fourth-order valence-electron chi connectivity index (χ4n) is 4.42. The van der Waals surface area contributed by atoms with Crippen LogP contribution in [0.2, 0.25) is 0 Å². The highest BCUT2D eigenvalue weighted by Gasteiger charge is 2.27. The third kappa shape index (κ3) is 5.65. The Kier molecular flexibility index (Phi) is 7.96. The van der Waals surface area contributed by atoms with Crippen LogP contribution in [0.25, 0.3) is 0 Å². The maximum absolute atomic E-state index is 13.0. The minimum atomic E-state index is 0.129. The Bertz CT molecular complexity index is 752. The standard InChI is InChI=1S/C23H35N3O4/c1-4-6-22(27)24-13-17-7-5-9-25(14-17)16-23(28)26-10-8-18-11-20(29-2)21(30-3)12-19(18)15-26/h11-12,17H,4-10,13-16H2,1-3H3,(H,24,27). The molecule has 1 aromatic carbocycles. The molecule has 0 bridgehead atoms. The average Bonchev–Trinajstić information content (AvgIpc) is 2.76. The number of hydrogen-bond acceptors (Lipinski definition) is 5. The Balaban J connectivity index is 1.53. The van der Waals surface area contributed by atoms with Gasteiger partial charge in [0.05, 0.1) is 20.8 Å². The molecule has 30 heavy (non-hydrogen) atoms. The number of likely N-dealkylation sites (tertiary alicyclic amines) is 1. The Hall–Kier alpha value is -2.28. The first-order chi connectivity index (χ1) is 14.5. The number of nitrogens with zero attached hydrogens (tertiary/aromatic N) is 2. The minimum Gasteiger partial charge on any atom is -0.493 e. The van der Waals surface area contributed by atoms with Gasteiger partial charge in [-0.25, -0.2) is 0 Å². The molecule has 1 N–H and O–H groups in total. The summed E-state index contributed by atoms with van der Waals surface area (Å²) in [6.45, 7) is 6.32. The van der Waals surface area contributed by atoms with Crippen LogP contribution in [0.3, 0.4) is 0 Å². The molecule has 3 rings (SSSR count). The maximum Gasteiger partial charge on any atom is 0.237 e. The lowest BCUT2D eigenvalue weighted by Crippen LogP contribution is -2.47. The second-order valence-electron chi connectivity index (χ2n) is 8.34. The van der Waals surface area contributed by atoms with Crippen molar-refractivity contribution in [2.45, 2.75) is 45.6 Å². The number of fused-ring (bicyclic) bond motifs is 1. The van der Waals surface area contributed by atoms with Crippen LogP contribution in [0.5, 0.6) is 11.5 Å². The summed E-state index contributed by atoms with van der Waals surface area (Å²) in [5.74, 6) is 2.16. The summed E-state index contributed by atoms with van der Waals surface area (Å²) < 4.78 is 10.8. The van der Waals surface area contributed by atoms with Gasteiger partial charge in [0.25, 0.3) is 0 Å². The van der Waals surface area contributed by atoms with Crippen LogP contribution in [0.4, 0.5) is 0 Å². The monoisotopic (exact) mass is 417 g/mol. The van der Waals surface area contributed by atoms with Gasteiger partial charge in [-0.1, -0.05) is 6.92 Å². The van der Waals surface area contributed by atoms with Crippen LogP contribution < -0.4 is 14.8 Å². The molecule has 1 saturated heterocycles. The topological polar surface area (TPSA) is 71.1 Å². The van der Waals surface area contributed by atoms with Gasteiger partial charge in [-0.15, -0.1) is 0 Å². The van der Waals surface area contributed by atoms with Crippen molar-refractivity contribution in [1.29, 1.82) is 0 Å². The number of nitrogens with one attached hydrogen (secondary N) is 1. The summed E-state index contributed by atoms with van der Waals surface area (Å²) in [5.41, 5.74) is 2.35. The Morgan fingerprint density at radius 2 is 1.87 bits per heavy atom. The molecular weight excluding hydrogens is 382 g/mol. The van der Waals surface area contributed by atoms with Crippen LogP contribution in [0.1, 0.15) is 43.7 Å². The normalized spacial score (nSPS) is 19.2. The molecule has 1 unspecified atom stereocenters. The second kappa shape index (κ2) is 10.7. The number of carbonyl (C=O) groups excluding carboxylic acids is 2. The second-order valence-corrected chi connectivity index (χ2v) is 8.34. The van der Waals surface area contributed by atoms with Gasteiger partial charge in [-0.2, -0.15) is 0 Å². The molecule has 2 aliphatic rings. The molecule has 166 valence electrons. The van der Waals surface area contributed by atoms with E-state index in [1.54, 1.807) is 14.2 Å². The van der Waals surface area contributed by atoms with Crippen molar-refractivity contribution in [3.05, 3.63) is 23.3 Å². The van der Waals surface area contributed by atoms with Crippen LogP contribution in [-0.4, -0.2) is 68.6 Å². The van der Waals surface area contributed by atoms with E-state index in [1.807, 2.05) is 24.0 Å². The van der Waals surface area contributed by atoms with E-state index < -0.39 is 0 Å². The van der Waals surface area contributed by atoms with Crippen molar-refractivity contribution in [1.82, 2.24) is 15.1 Å². The molecule has 0 saturated carbocycles. The molecule has 2 heterocycles. The average molecular weight is 418 g/mol. The SMILES string of the molecule is CCCC(=O)NCC1CCCN(CC(=O)N2CCc3cc(OC)c(OC)cc3C2)C1. The number of hydrogen-bond donors (Lipinski definition) is 1. The van der Waals surface area contributed by atoms with Crippen molar-refractivity contribution >= 4 is 11.8 Å². The Labute approximate surface area is 179 Å². The number of carbonyl (C=O) groups is 2. The number of ether oxygens (including phenoxy) is 2. The van der Waals surface area contributed by atoms with Crippen molar-refractivity contribution < 1.29 is 19.1 Å². The first-order valence-electron chi connectivity index (χ1n) is 11.0. The molecule has 7 nitrogen and oxygen atoms in total. The number of benzene rings is 1. The molecule has 0 radical (unpaired) electrons. The summed E-state index contributed by atoms with van der Waals surface area (Å²) in [7, 11) is 3.28. The first kappa shape index (κ1) is 22.4. The number of amides is 2. The van der Waals surface area contributed by atoms with E-state index in [9.17, 15) is 9.59 Å². The Morgan fingerprint density at radius 3 is 2.57 bits per heavy atom. The molecule has 0 aromatic heterocycles. The van der Waals surface area contributed by atoms with Gasteiger partial charge in [0.2, 0.25) is 11.8 Å². The number of rotatable bonds is 8. The van der Waals surface area contributed by atoms with E-state index in [4.69, 9.17) is 9.47 Å². The molecular formula is C23H35N3O4. The largest absolute Gasteiger partial charge is 0.493 e. The van der Waals surface area contributed by atoms with Crippen LogP contribution in [0, 0.1) is 5.92 Å². The zero-order valence-corrected chi connectivity index (χ0v) is 18.5. The molecule has 2 aliphatic heterocycles. The van der Waals surface area contributed by atoms with Gasteiger partial charge in [0, 0.05) is 32.6 Å². The molecule has 2 amide bonds. The molecule has 1 aromatic rings. The van der Waals surface area contributed by atoms with Gasteiger partial charge in [0.15, 0.2) is 11.5 Å². The lowest BCUT2D eigenvalue weighted by Gasteiger charge is -2.35. The zero-order chi connectivity index (χ0) is 21.5.